The van der Waals surface area contributed by atoms with Gasteiger partial charge in [0, 0.05) is 28.6 Å². The van der Waals surface area contributed by atoms with Gasteiger partial charge in [0.15, 0.2) is 0 Å². The number of rotatable bonds is 8. The lowest BCUT2D eigenvalue weighted by molar-refractivity contribution is 0.460. The summed E-state index contributed by atoms with van der Waals surface area (Å²) in [6.07, 6.45) is 12.5. The molecule has 231 valence electrons. The van der Waals surface area contributed by atoms with E-state index in [1.54, 1.807) is 6.33 Å². The van der Waals surface area contributed by atoms with Gasteiger partial charge in [0.2, 0.25) is 0 Å². The number of piperidine rings is 1. The second kappa shape index (κ2) is 12.8. The minimum atomic E-state index is -0.666. The second-order valence-electron chi connectivity index (χ2n) is 11.8. The first-order valence-electron chi connectivity index (χ1n) is 15.9. The highest BCUT2D eigenvalue weighted by molar-refractivity contribution is 8.00. The zero-order valence-corrected chi connectivity index (χ0v) is 27.7. The van der Waals surface area contributed by atoms with E-state index in [4.69, 9.17) is 10.1 Å². The lowest BCUT2D eigenvalue weighted by Crippen LogP contribution is -2.38. The van der Waals surface area contributed by atoms with Crippen LogP contribution < -0.4 is 4.90 Å². The van der Waals surface area contributed by atoms with E-state index in [9.17, 15) is 0 Å². The van der Waals surface area contributed by atoms with Gasteiger partial charge in [0.1, 0.15) is 17.7 Å². The fourth-order valence-electron chi connectivity index (χ4n) is 6.98. The molecule has 5 nitrogen and oxygen atoms in total. The van der Waals surface area contributed by atoms with Crippen LogP contribution in [-0.4, -0.2) is 32.5 Å². The van der Waals surface area contributed by atoms with Crippen molar-refractivity contribution in [1.82, 2.24) is 19.7 Å². The fourth-order valence-corrected chi connectivity index (χ4v) is 8.67. The first-order chi connectivity index (χ1) is 23.3. The predicted octanol–water partition coefficient (Wildman–Crippen LogP) is 9.66. The normalized spacial score (nSPS) is 15.3. The molecule has 7 heteroatoms. The van der Waals surface area contributed by atoms with Crippen molar-refractivity contribution in [2.75, 3.05) is 17.7 Å². The molecule has 47 heavy (non-hydrogen) atoms. The Labute approximate surface area is 284 Å². The molecule has 1 aliphatic rings. The van der Waals surface area contributed by atoms with Crippen molar-refractivity contribution in [3.8, 4) is 11.1 Å². The van der Waals surface area contributed by atoms with E-state index in [-0.39, 0.29) is 6.04 Å². The van der Waals surface area contributed by atoms with Crippen LogP contribution in [0.2, 0.25) is 0 Å². The third-order valence-corrected chi connectivity index (χ3v) is 11.5. The zero-order chi connectivity index (χ0) is 31.6. The van der Waals surface area contributed by atoms with E-state index >= 15 is 0 Å². The van der Waals surface area contributed by atoms with Gasteiger partial charge in [-0.25, -0.2) is 9.97 Å². The summed E-state index contributed by atoms with van der Waals surface area (Å²) in [7, 11) is 0. The maximum Gasteiger partial charge on any atom is 0.140 e. The van der Waals surface area contributed by atoms with Crippen LogP contribution in [0.4, 0.5) is 5.82 Å². The third kappa shape index (κ3) is 5.33. The summed E-state index contributed by atoms with van der Waals surface area (Å²) in [5.41, 5.74) is 5.85. The Hall–Kier alpha value is -4.72. The van der Waals surface area contributed by atoms with E-state index < -0.39 is 5.54 Å². The number of hydrogen-bond donors (Lipinski definition) is 0. The van der Waals surface area contributed by atoms with Gasteiger partial charge >= 0.3 is 0 Å². The lowest BCUT2D eigenvalue weighted by atomic mass is 9.77. The molecule has 1 aliphatic heterocycles. The molecule has 0 saturated carbocycles. The first kappa shape index (κ1) is 29.7. The average molecular weight is 649 g/mol. The van der Waals surface area contributed by atoms with Crippen LogP contribution in [0.3, 0.4) is 0 Å². The van der Waals surface area contributed by atoms with E-state index in [1.807, 2.05) is 29.3 Å². The van der Waals surface area contributed by atoms with Crippen LogP contribution in [-0.2, 0) is 5.54 Å². The Kier molecular flexibility index (Phi) is 8.09. The molecule has 8 rings (SSSR count). The minimum Gasteiger partial charge on any atom is -0.348 e. The number of aromatic nitrogens is 4. The van der Waals surface area contributed by atoms with Crippen molar-refractivity contribution in [2.45, 2.75) is 28.6 Å². The Morgan fingerprint density at radius 1 is 0.766 bits per heavy atom. The molecule has 4 heterocycles. The molecule has 1 radical (unpaired) electrons. The standard InChI is InChI=1S/C40H34N5S2/c1-46-38-23-22-37(47-38)36-19-11-12-24-44(36)39-34-25-29(20-21-35(34)41-28-42-39)30-26-43-45(27-30)40(31-13-5-2-6-14-31,32-15-7-3-8-16-32)33-17-9-4-10-18-33/h2-11,13-18,20-23,25-28,36H,12,19,24H2,1H3. The summed E-state index contributed by atoms with van der Waals surface area (Å²) in [5, 5.41) is 6.18. The van der Waals surface area contributed by atoms with Gasteiger partial charge in [-0.15, -0.1) is 23.1 Å². The lowest BCUT2D eigenvalue weighted by Gasteiger charge is -2.36. The quantitative estimate of drug-likeness (QED) is 0.121. The van der Waals surface area contributed by atoms with Crippen molar-refractivity contribution >= 4 is 39.8 Å². The Morgan fingerprint density at radius 2 is 1.45 bits per heavy atom. The fraction of sp³-hybridized carbons (Fsp3) is 0.150. The molecule has 0 spiro atoms. The first-order valence-corrected chi connectivity index (χ1v) is 18.0. The van der Waals surface area contributed by atoms with Crippen molar-refractivity contribution in [3.05, 3.63) is 168 Å². The summed E-state index contributed by atoms with van der Waals surface area (Å²) in [6, 6.07) is 43.3. The molecule has 4 aromatic carbocycles. The van der Waals surface area contributed by atoms with Crippen molar-refractivity contribution in [1.29, 1.82) is 0 Å². The Balaban J connectivity index is 1.26. The highest BCUT2D eigenvalue weighted by atomic mass is 32.2. The summed E-state index contributed by atoms with van der Waals surface area (Å²) in [5.74, 6) is 0.994. The van der Waals surface area contributed by atoms with Crippen LogP contribution in [0.1, 0.15) is 40.5 Å². The maximum absolute atomic E-state index is 5.12. The van der Waals surface area contributed by atoms with Crippen molar-refractivity contribution in [3.63, 3.8) is 0 Å². The molecular formula is C40H34N5S2. The highest BCUT2D eigenvalue weighted by Gasteiger charge is 2.39. The molecule has 1 unspecified atom stereocenters. The third-order valence-electron chi connectivity index (χ3n) is 9.19. The molecule has 0 bridgehead atoms. The Morgan fingerprint density at radius 3 is 2.09 bits per heavy atom. The van der Waals surface area contributed by atoms with Gasteiger partial charge in [-0.1, -0.05) is 97.1 Å². The molecule has 3 aromatic heterocycles. The summed E-state index contributed by atoms with van der Waals surface area (Å²) >= 11 is 3.70. The minimum absolute atomic E-state index is 0.266. The van der Waals surface area contributed by atoms with Crippen molar-refractivity contribution in [2.24, 2.45) is 0 Å². The molecule has 1 atom stereocenters. The SMILES string of the molecule is CSc1ccc(C2C[CH]CCN2c2ncnc3ccc(-c4cnn(C(c5ccccc5)(c5ccccc5)c5ccccc5)c4)cc23)s1. The van der Waals surface area contributed by atoms with E-state index in [2.05, 4.69) is 155 Å². The maximum atomic E-state index is 5.12. The number of thiophene rings is 1. The van der Waals surface area contributed by atoms with Crippen LogP contribution in [0.5, 0.6) is 0 Å². The van der Waals surface area contributed by atoms with Gasteiger partial charge in [-0.05, 0) is 72.0 Å². The van der Waals surface area contributed by atoms with Gasteiger partial charge in [-0.2, -0.15) is 5.10 Å². The highest BCUT2D eigenvalue weighted by Crippen LogP contribution is 2.43. The van der Waals surface area contributed by atoms with Crippen LogP contribution >= 0.6 is 23.1 Å². The average Bonchev–Trinajstić information content (AvgIpc) is 3.84. The number of benzene rings is 4. The van der Waals surface area contributed by atoms with E-state index in [1.165, 1.54) is 9.09 Å². The van der Waals surface area contributed by atoms with Crippen LogP contribution in [0, 0.1) is 6.42 Å². The number of anilines is 1. The molecule has 7 aromatic rings. The number of thioether (sulfide) groups is 1. The molecule has 0 aliphatic carbocycles. The summed E-state index contributed by atoms with van der Waals surface area (Å²) < 4.78 is 3.47. The summed E-state index contributed by atoms with van der Waals surface area (Å²) in [4.78, 5) is 13.5. The number of fused-ring (bicyclic) bond motifs is 1. The molecular weight excluding hydrogens is 615 g/mol. The summed E-state index contributed by atoms with van der Waals surface area (Å²) in [6.45, 7) is 0.930. The zero-order valence-electron chi connectivity index (χ0n) is 26.1. The van der Waals surface area contributed by atoms with Crippen LogP contribution in [0.15, 0.2) is 144 Å². The topological polar surface area (TPSA) is 46.8 Å². The largest absolute Gasteiger partial charge is 0.348 e. The molecule has 0 N–H and O–H groups in total. The second-order valence-corrected chi connectivity index (χ2v) is 14.0. The van der Waals surface area contributed by atoms with E-state index in [0.717, 1.165) is 63.9 Å². The number of hydrogen-bond acceptors (Lipinski definition) is 6. The number of nitrogens with zero attached hydrogens (tertiary/aromatic N) is 5. The molecule has 0 amide bonds. The van der Waals surface area contributed by atoms with Gasteiger partial charge in [-0.3, -0.25) is 4.68 Å². The van der Waals surface area contributed by atoms with Crippen LogP contribution in [0.25, 0.3) is 22.0 Å². The van der Waals surface area contributed by atoms with Gasteiger partial charge < -0.3 is 4.90 Å². The monoisotopic (exact) mass is 648 g/mol. The predicted molar refractivity (Wildman–Crippen MR) is 195 cm³/mol. The molecule has 1 fully saturated rings. The van der Waals surface area contributed by atoms with Crippen molar-refractivity contribution < 1.29 is 0 Å². The molecule has 1 saturated heterocycles. The van der Waals surface area contributed by atoms with Gasteiger partial charge in [0.05, 0.1) is 22.0 Å². The van der Waals surface area contributed by atoms with Gasteiger partial charge in [0.25, 0.3) is 0 Å². The Bertz CT molecular complexity index is 2010. The van der Waals surface area contributed by atoms with E-state index in [0.29, 0.717) is 0 Å². The smallest absolute Gasteiger partial charge is 0.140 e.